The first kappa shape index (κ1) is 22.5. The second-order valence-electron chi connectivity index (χ2n) is 7.46. The van der Waals surface area contributed by atoms with Crippen LogP contribution in [0.5, 0.6) is 0 Å². The summed E-state index contributed by atoms with van der Waals surface area (Å²) in [5.41, 5.74) is 2.11. The van der Waals surface area contributed by atoms with Crippen molar-refractivity contribution in [3.05, 3.63) is 102 Å². The number of aryl methyl sites for hydroxylation is 1. The maximum atomic E-state index is 11.6. The molecule has 0 N–H and O–H groups in total. The maximum absolute atomic E-state index is 11.6. The number of aromatic nitrogens is 2. The molecule has 0 aliphatic carbocycles. The summed E-state index contributed by atoms with van der Waals surface area (Å²) >= 11 is 11.9. The van der Waals surface area contributed by atoms with Crippen LogP contribution in [0.25, 0.3) is 10.9 Å². The average Bonchev–Trinajstić information content (AvgIpc) is 3.14. The number of nitro groups is 2. The third-order valence-electron chi connectivity index (χ3n) is 5.18. The molecule has 4 aromatic rings. The quantitative estimate of drug-likeness (QED) is 0.238. The lowest BCUT2D eigenvalue weighted by Crippen LogP contribution is -2.23. The van der Waals surface area contributed by atoms with Crippen LogP contribution in [-0.4, -0.2) is 19.6 Å². The lowest BCUT2D eigenvalue weighted by Gasteiger charge is -2.25. The van der Waals surface area contributed by atoms with Crippen molar-refractivity contribution in [3.8, 4) is 0 Å². The topological polar surface area (TPSA) is 107 Å². The minimum Gasteiger partial charge on any atom is -0.362 e. The molecule has 0 saturated carbocycles. The number of fused-ring (bicyclic) bond motifs is 1. The van der Waals surface area contributed by atoms with Gasteiger partial charge < -0.3 is 4.90 Å². The number of nitro benzene ring substituents is 2. The minimum atomic E-state index is -0.492. The number of hydrogen-bond donors (Lipinski definition) is 0. The van der Waals surface area contributed by atoms with E-state index in [0.29, 0.717) is 11.1 Å². The summed E-state index contributed by atoms with van der Waals surface area (Å²) < 4.78 is 1.69. The molecular weight excluding hydrogens is 469 g/mol. The first-order valence-corrected chi connectivity index (χ1v) is 10.5. The highest BCUT2D eigenvalue weighted by molar-refractivity contribution is 6.31. The van der Waals surface area contributed by atoms with Crippen LogP contribution in [-0.2, 0) is 20.1 Å². The van der Waals surface area contributed by atoms with Gasteiger partial charge in [0.1, 0.15) is 0 Å². The molecule has 0 radical (unpaired) electrons. The maximum Gasteiger partial charge on any atom is 0.275 e. The molecule has 0 aliphatic rings. The molecule has 3 aromatic carbocycles. The third-order valence-corrected chi connectivity index (χ3v) is 5.65. The van der Waals surface area contributed by atoms with Crippen molar-refractivity contribution in [2.45, 2.75) is 13.1 Å². The fraction of sp³-hybridized carbons (Fsp3) is 0.136. The van der Waals surface area contributed by atoms with Gasteiger partial charge in [-0.05, 0) is 42.5 Å². The zero-order valence-electron chi connectivity index (χ0n) is 17.3. The van der Waals surface area contributed by atoms with Gasteiger partial charge in [0.2, 0.25) is 0 Å². The van der Waals surface area contributed by atoms with E-state index >= 15 is 0 Å². The van der Waals surface area contributed by atoms with Crippen LogP contribution in [0, 0.1) is 20.2 Å². The summed E-state index contributed by atoms with van der Waals surface area (Å²) in [5.74, 6) is 0. The summed E-state index contributed by atoms with van der Waals surface area (Å²) in [7, 11) is 1.81. The lowest BCUT2D eigenvalue weighted by molar-refractivity contribution is -0.385. The minimum absolute atomic E-state index is 0.124. The highest BCUT2D eigenvalue weighted by Gasteiger charge is 2.22. The van der Waals surface area contributed by atoms with Crippen LogP contribution in [0.1, 0.15) is 11.1 Å². The molecule has 0 aliphatic heterocycles. The number of halogens is 2. The fourth-order valence-electron chi connectivity index (χ4n) is 3.66. The molecule has 0 atom stereocenters. The smallest absolute Gasteiger partial charge is 0.275 e. The van der Waals surface area contributed by atoms with E-state index in [4.69, 9.17) is 23.2 Å². The van der Waals surface area contributed by atoms with Crippen molar-refractivity contribution in [3.63, 3.8) is 0 Å². The molecule has 9 nitrogen and oxygen atoms in total. The monoisotopic (exact) mass is 485 g/mol. The molecule has 1 aromatic heterocycles. The Labute approximate surface area is 198 Å². The Hall–Kier alpha value is -3.69. The molecule has 0 amide bonds. The normalized spacial score (nSPS) is 11.0. The average molecular weight is 486 g/mol. The predicted molar refractivity (Wildman–Crippen MR) is 127 cm³/mol. The van der Waals surface area contributed by atoms with Gasteiger partial charge in [-0.3, -0.25) is 24.9 Å². The number of hydrogen-bond acceptors (Lipinski definition) is 6. The second kappa shape index (κ2) is 9.05. The van der Waals surface area contributed by atoms with Gasteiger partial charge in [0.25, 0.3) is 11.4 Å². The molecule has 0 unspecified atom stereocenters. The highest BCUT2D eigenvalue weighted by atomic mass is 35.5. The van der Waals surface area contributed by atoms with Crippen molar-refractivity contribution in [2.75, 3.05) is 4.90 Å². The lowest BCUT2D eigenvalue weighted by atomic mass is 10.1. The molecule has 11 heteroatoms. The molecule has 0 spiro atoms. The van der Waals surface area contributed by atoms with Gasteiger partial charge in [-0.1, -0.05) is 23.2 Å². The Bertz CT molecular complexity index is 1320. The van der Waals surface area contributed by atoms with Gasteiger partial charge in [-0.15, -0.1) is 0 Å². The summed E-state index contributed by atoms with van der Waals surface area (Å²) in [5, 5.41) is 29.0. The van der Waals surface area contributed by atoms with Crippen LogP contribution >= 0.6 is 23.2 Å². The summed E-state index contributed by atoms with van der Waals surface area (Å²) in [6.45, 7) is 0.248. The standard InChI is InChI=1S/C22H17Cl2N5O4/c1-26-11-16-8-19(6-7-20(16)25-26)27(12-14-2-4-17(23)9-21(14)28(30)31)13-15-3-5-18(24)10-22(15)29(32)33/h2-11H,12-13H2,1H3. The van der Waals surface area contributed by atoms with Crippen LogP contribution in [0.3, 0.4) is 0 Å². The van der Waals surface area contributed by atoms with E-state index < -0.39 is 9.85 Å². The Morgan fingerprint density at radius 1 is 0.879 bits per heavy atom. The molecule has 0 saturated heterocycles. The molecule has 0 bridgehead atoms. The van der Waals surface area contributed by atoms with E-state index in [1.54, 1.807) is 28.9 Å². The van der Waals surface area contributed by atoms with Crippen molar-refractivity contribution < 1.29 is 9.85 Å². The van der Waals surface area contributed by atoms with Crippen molar-refractivity contribution in [1.82, 2.24) is 9.78 Å². The third kappa shape index (κ3) is 4.89. The largest absolute Gasteiger partial charge is 0.362 e. The summed E-state index contributed by atoms with van der Waals surface area (Å²) in [6, 6.07) is 14.5. The van der Waals surface area contributed by atoms with E-state index in [-0.39, 0.29) is 34.5 Å². The molecular formula is C22H17Cl2N5O4. The highest BCUT2D eigenvalue weighted by Crippen LogP contribution is 2.31. The van der Waals surface area contributed by atoms with E-state index in [1.165, 1.54) is 12.1 Å². The fourth-order valence-corrected chi connectivity index (χ4v) is 4.00. The number of nitrogens with zero attached hydrogens (tertiary/aromatic N) is 5. The van der Waals surface area contributed by atoms with Gasteiger partial charge in [-0.2, -0.15) is 5.10 Å². The molecule has 4 rings (SSSR count). The van der Waals surface area contributed by atoms with Gasteiger partial charge in [0.15, 0.2) is 0 Å². The molecule has 1 heterocycles. The van der Waals surface area contributed by atoms with E-state index in [2.05, 4.69) is 5.10 Å². The van der Waals surface area contributed by atoms with Gasteiger partial charge in [0.05, 0.1) is 28.5 Å². The SMILES string of the molecule is Cn1cc2cc(N(Cc3ccc(Cl)cc3[N+](=O)[O-])Cc3ccc(Cl)cc3[N+](=O)[O-])ccc2n1. The Morgan fingerprint density at radius 2 is 1.42 bits per heavy atom. The van der Waals surface area contributed by atoms with E-state index in [9.17, 15) is 20.2 Å². The first-order valence-electron chi connectivity index (χ1n) is 9.75. The van der Waals surface area contributed by atoms with E-state index in [0.717, 1.165) is 16.6 Å². The summed E-state index contributed by atoms with van der Waals surface area (Å²) in [6.07, 6.45) is 1.85. The molecule has 168 valence electrons. The molecule has 0 fully saturated rings. The second-order valence-corrected chi connectivity index (χ2v) is 8.34. The summed E-state index contributed by atoms with van der Waals surface area (Å²) in [4.78, 5) is 24.1. The van der Waals surface area contributed by atoms with Gasteiger partial charge >= 0.3 is 0 Å². The van der Waals surface area contributed by atoms with Gasteiger partial charge in [0, 0.05) is 57.6 Å². The Morgan fingerprint density at radius 3 is 1.94 bits per heavy atom. The zero-order chi connectivity index (χ0) is 23.7. The first-order chi connectivity index (χ1) is 15.7. The van der Waals surface area contributed by atoms with Crippen LogP contribution in [0.4, 0.5) is 17.1 Å². The zero-order valence-corrected chi connectivity index (χ0v) is 18.8. The van der Waals surface area contributed by atoms with Crippen LogP contribution < -0.4 is 4.90 Å². The van der Waals surface area contributed by atoms with Crippen molar-refractivity contribution >= 4 is 51.2 Å². The number of benzene rings is 3. The predicted octanol–water partition coefficient (Wildman–Crippen LogP) is 5.90. The number of rotatable bonds is 7. The Kier molecular flexibility index (Phi) is 6.17. The van der Waals surface area contributed by atoms with Crippen LogP contribution in [0.2, 0.25) is 10.0 Å². The number of anilines is 1. The van der Waals surface area contributed by atoms with Crippen molar-refractivity contribution in [1.29, 1.82) is 0 Å². The van der Waals surface area contributed by atoms with Crippen molar-refractivity contribution in [2.24, 2.45) is 7.05 Å². The van der Waals surface area contributed by atoms with Crippen LogP contribution in [0.15, 0.2) is 60.8 Å². The van der Waals surface area contributed by atoms with E-state index in [1.807, 2.05) is 36.3 Å². The molecule has 33 heavy (non-hydrogen) atoms. The van der Waals surface area contributed by atoms with Gasteiger partial charge in [-0.25, -0.2) is 0 Å². The Balaban J connectivity index is 1.80.